The highest BCUT2D eigenvalue weighted by Crippen LogP contribution is 2.65. The van der Waals surface area contributed by atoms with Gasteiger partial charge in [-0.15, -0.1) is 0 Å². The van der Waals surface area contributed by atoms with Crippen molar-refractivity contribution in [3.63, 3.8) is 0 Å². The van der Waals surface area contributed by atoms with Gasteiger partial charge in [-0.3, -0.25) is 19.2 Å². The minimum Gasteiger partial charge on any atom is -0.505 e. The molecule has 0 aromatic heterocycles. The second kappa shape index (κ2) is 10.6. The van der Waals surface area contributed by atoms with Crippen molar-refractivity contribution in [1.29, 1.82) is 0 Å². The fraction of sp³-hybridized carbons (Fsp3) is 0.613. The Hall–Kier alpha value is -3.36. The van der Waals surface area contributed by atoms with Gasteiger partial charge in [-0.1, -0.05) is 25.5 Å². The first kappa shape index (κ1) is 28.2. The van der Waals surface area contributed by atoms with Crippen molar-refractivity contribution in [2.45, 2.75) is 84.2 Å². The summed E-state index contributed by atoms with van der Waals surface area (Å²) < 4.78 is 11.1. The van der Waals surface area contributed by atoms with E-state index in [0.717, 1.165) is 38.5 Å². The van der Waals surface area contributed by atoms with Crippen LogP contribution in [-0.2, 0) is 19.1 Å². The molecule has 9 nitrogen and oxygen atoms in total. The van der Waals surface area contributed by atoms with E-state index in [2.05, 4.69) is 25.2 Å². The van der Waals surface area contributed by atoms with Crippen LogP contribution in [0, 0.1) is 28.6 Å². The number of nitrogens with one attached hydrogen (secondary N) is 1. The summed E-state index contributed by atoms with van der Waals surface area (Å²) in [6.07, 6.45) is 9.10. The molecule has 3 fully saturated rings. The number of amides is 2. The second-order valence-corrected chi connectivity index (χ2v) is 12.5. The quantitative estimate of drug-likeness (QED) is 0.253. The molecule has 1 aromatic rings. The van der Waals surface area contributed by atoms with Gasteiger partial charge in [-0.2, -0.15) is 0 Å². The maximum atomic E-state index is 12.8. The van der Waals surface area contributed by atoms with E-state index in [9.17, 15) is 24.3 Å². The maximum Gasteiger partial charge on any atom is 0.306 e. The van der Waals surface area contributed by atoms with Gasteiger partial charge in [0.1, 0.15) is 23.2 Å². The lowest BCUT2D eigenvalue weighted by molar-refractivity contribution is -0.160. The molecule has 6 unspecified atom stereocenters. The van der Waals surface area contributed by atoms with Crippen LogP contribution >= 0.6 is 0 Å². The Morgan fingerprint density at radius 2 is 1.88 bits per heavy atom. The normalized spacial score (nSPS) is 32.7. The predicted molar refractivity (Wildman–Crippen MR) is 148 cm³/mol. The summed E-state index contributed by atoms with van der Waals surface area (Å²) in [4.78, 5) is 49.2. The number of allylic oxidation sites excluding steroid dienone is 2. The third kappa shape index (κ3) is 4.77. The maximum absolute atomic E-state index is 12.8. The van der Waals surface area contributed by atoms with Crippen molar-refractivity contribution in [3.8, 4) is 11.5 Å². The minimum absolute atomic E-state index is 0.0107. The summed E-state index contributed by atoms with van der Waals surface area (Å²) in [7, 11) is 1.34. The highest BCUT2D eigenvalue weighted by atomic mass is 16.5. The Labute approximate surface area is 234 Å². The minimum atomic E-state index is -0.890. The van der Waals surface area contributed by atoms with Gasteiger partial charge in [0.25, 0.3) is 5.91 Å². The molecule has 3 saturated carbocycles. The molecule has 1 aromatic carbocycles. The molecule has 40 heavy (non-hydrogen) atoms. The number of phenols is 1. The monoisotopic (exact) mass is 552 g/mol. The third-order valence-corrected chi connectivity index (χ3v) is 10.6. The van der Waals surface area contributed by atoms with Crippen molar-refractivity contribution in [1.82, 2.24) is 0 Å². The molecular weight excluding hydrogens is 512 g/mol. The van der Waals surface area contributed by atoms with Gasteiger partial charge in [0.15, 0.2) is 5.75 Å². The molecule has 0 heterocycles. The zero-order valence-corrected chi connectivity index (χ0v) is 23.6. The molecule has 216 valence electrons. The van der Waals surface area contributed by atoms with Crippen LogP contribution in [0.3, 0.4) is 0 Å². The number of Topliss-reactive ketones (excluding diaryl/α,β-unsaturated/α-hetero) is 1. The lowest BCUT2D eigenvalue weighted by Crippen LogP contribution is -2.51. The summed E-state index contributed by atoms with van der Waals surface area (Å²) in [5.74, 6) is -0.244. The molecule has 0 aliphatic heterocycles. The highest BCUT2D eigenvalue weighted by Gasteiger charge is 2.59. The van der Waals surface area contributed by atoms with Crippen molar-refractivity contribution in [2.75, 3.05) is 12.4 Å². The van der Waals surface area contributed by atoms with Crippen LogP contribution in [0.1, 0.15) is 88.4 Å². The zero-order chi connectivity index (χ0) is 28.8. The summed E-state index contributed by atoms with van der Waals surface area (Å²) in [6, 6.07) is 2.83. The number of ether oxygens (including phenoxy) is 2. The van der Waals surface area contributed by atoms with Gasteiger partial charge >= 0.3 is 5.97 Å². The summed E-state index contributed by atoms with van der Waals surface area (Å²) in [5, 5.41) is 12.9. The lowest BCUT2D eigenvalue weighted by atomic mass is 9.48. The van der Waals surface area contributed by atoms with Crippen molar-refractivity contribution in [2.24, 2.45) is 34.3 Å². The first-order valence-corrected chi connectivity index (χ1v) is 14.4. The number of primary amides is 1. The number of nitrogens with two attached hydrogens (primary N) is 1. The van der Waals surface area contributed by atoms with E-state index < -0.39 is 23.5 Å². The summed E-state index contributed by atoms with van der Waals surface area (Å²) >= 11 is 0. The number of anilines is 1. The molecule has 9 heteroatoms. The van der Waals surface area contributed by atoms with E-state index >= 15 is 0 Å². The molecule has 0 spiro atoms. The van der Waals surface area contributed by atoms with Crippen LogP contribution in [0.15, 0.2) is 23.8 Å². The van der Waals surface area contributed by atoms with E-state index in [1.54, 1.807) is 0 Å². The molecule has 2 amide bonds. The zero-order valence-electron chi connectivity index (χ0n) is 23.6. The van der Waals surface area contributed by atoms with E-state index in [1.807, 2.05) is 0 Å². The number of hydrogen-bond acceptors (Lipinski definition) is 7. The van der Waals surface area contributed by atoms with Gasteiger partial charge in [0.05, 0.1) is 19.2 Å². The van der Waals surface area contributed by atoms with Crippen LogP contribution in [0.25, 0.3) is 0 Å². The largest absolute Gasteiger partial charge is 0.505 e. The average Bonchev–Trinajstić information content (AvgIpc) is 3.24. The average molecular weight is 553 g/mol. The number of ketones is 1. The number of rotatable bonds is 7. The number of fused-ring (bicyclic) bond motifs is 5. The predicted octanol–water partition coefficient (Wildman–Crippen LogP) is 4.66. The third-order valence-electron chi connectivity index (χ3n) is 10.6. The molecule has 5 rings (SSSR count). The van der Waals surface area contributed by atoms with Gasteiger partial charge in [0.2, 0.25) is 5.91 Å². The molecular formula is C31H40N2O7. The smallest absolute Gasteiger partial charge is 0.306 e. The standard InChI is InChI=1S/C31H40N2O7/c1-30-14-12-18(34)16-17(30)4-5-19-20-6-9-24(31(20,2)15-13-21(19)30)40-26(36)11-10-25(35)33-22-7-8-23(39-3)27(28(22)37)29(32)38/h4,7-8,19-21,24,37H,5-6,9-16H2,1-3H3,(H2,32,38)(H,33,35). The van der Waals surface area contributed by atoms with Crippen molar-refractivity contribution >= 4 is 29.3 Å². The van der Waals surface area contributed by atoms with Gasteiger partial charge in [-0.05, 0) is 73.8 Å². The Morgan fingerprint density at radius 1 is 1.10 bits per heavy atom. The molecule has 4 aliphatic rings. The summed E-state index contributed by atoms with van der Waals surface area (Å²) in [5.41, 5.74) is 6.48. The number of carbonyl (C=O) groups is 4. The SMILES string of the molecule is COc1ccc(NC(=O)CCC(=O)OC2CCC3C4CC=C5CC(=O)CCC5(C)C4CCC23C)c(O)c1C(N)=O. The van der Waals surface area contributed by atoms with Gasteiger partial charge in [0, 0.05) is 24.7 Å². The van der Waals surface area contributed by atoms with Crippen molar-refractivity contribution in [3.05, 3.63) is 29.3 Å². The van der Waals surface area contributed by atoms with Gasteiger partial charge in [-0.25, -0.2) is 0 Å². The van der Waals surface area contributed by atoms with E-state index in [-0.39, 0.29) is 46.8 Å². The van der Waals surface area contributed by atoms with E-state index in [0.29, 0.717) is 36.4 Å². The topological polar surface area (TPSA) is 145 Å². The van der Waals surface area contributed by atoms with Crippen LogP contribution in [-0.4, -0.2) is 41.9 Å². The number of benzene rings is 1. The molecule has 6 atom stereocenters. The lowest BCUT2D eigenvalue weighted by Gasteiger charge is -2.57. The number of methoxy groups -OCH3 is 1. The summed E-state index contributed by atoms with van der Waals surface area (Å²) in [6.45, 7) is 4.63. The first-order valence-electron chi connectivity index (χ1n) is 14.4. The number of aromatic hydroxyl groups is 1. The Morgan fingerprint density at radius 3 is 2.60 bits per heavy atom. The highest BCUT2D eigenvalue weighted by molar-refractivity contribution is 6.02. The Bertz CT molecular complexity index is 1270. The molecule has 0 bridgehead atoms. The molecule has 4 aliphatic carbocycles. The van der Waals surface area contributed by atoms with E-state index in [4.69, 9.17) is 15.2 Å². The Kier molecular flexibility index (Phi) is 7.44. The van der Waals surface area contributed by atoms with Gasteiger partial charge < -0.3 is 25.6 Å². The molecule has 0 saturated heterocycles. The molecule has 0 radical (unpaired) electrons. The number of hydrogen-bond donors (Lipinski definition) is 3. The molecule has 4 N–H and O–H groups in total. The van der Waals surface area contributed by atoms with Crippen LogP contribution in [0.4, 0.5) is 5.69 Å². The Balaban J connectivity index is 1.18. The fourth-order valence-corrected chi connectivity index (χ4v) is 8.35. The number of carbonyl (C=O) groups excluding carboxylic acids is 4. The van der Waals surface area contributed by atoms with Crippen LogP contribution in [0.2, 0.25) is 0 Å². The second-order valence-electron chi connectivity index (χ2n) is 12.5. The number of esters is 1. The van der Waals surface area contributed by atoms with E-state index in [1.165, 1.54) is 24.8 Å². The van der Waals surface area contributed by atoms with Crippen LogP contribution in [0.5, 0.6) is 11.5 Å². The fourth-order valence-electron chi connectivity index (χ4n) is 8.35. The van der Waals surface area contributed by atoms with Crippen LogP contribution < -0.4 is 15.8 Å². The van der Waals surface area contributed by atoms with Crippen molar-refractivity contribution < 1.29 is 33.8 Å². The first-order chi connectivity index (χ1) is 19.0.